The number of amides is 1. The summed E-state index contributed by atoms with van der Waals surface area (Å²) in [5.41, 5.74) is 5.64. The van der Waals surface area contributed by atoms with Crippen molar-refractivity contribution < 1.29 is 4.79 Å². The van der Waals surface area contributed by atoms with Crippen molar-refractivity contribution in [2.45, 2.75) is 20.4 Å². The number of pyridine rings is 2. The Labute approximate surface area is 147 Å². The molecule has 126 valence electrons. The normalized spacial score (nSPS) is 10.3. The first kappa shape index (κ1) is 16.6. The summed E-state index contributed by atoms with van der Waals surface area (Å²) >= 11 is 0. The highest BCUT2D eigenvalue weighted by Crippen LogP contribution is 2.22. The highest BCUT2D eigenvalue weighted by atomic mass is 16.1. The van der Waals surface area contributed by atoms with Crippen LogP contribution in [0.2, 0.25) is 0 Å². The van der Waals surface area contributed by atoms with E-state index in [2.05, 4.69) is 40.5 Å². The van der Waals surface area contributed by atoms with Gasteiger partial charge in [-0.1, -0.05) is 18.2 Å². The van der Waals surface area contributed by atoms with Crippen molar-refractivity contribution in [1.29, 1.82) is 0 Å². The molecule has 0 fully saturated rings. The summed E-state index contributed by atoms with van der Waals surface area (Å²) in [5, 5.41) is 6.21. The van der Waals surface area contributed by atoms with Crippen molar-refractivity contribution in [3.05, 3.63) is 83.4 Å². The Morgan fingerprint density at radius 2 is 1.92 bits per heavy atom. The largest absolute Gasteiger partial charge is 0.354 e. The van der Waals surface area contributed by atoms with Crippen LogP contribution in [0.25, 0.3) is 0 Å². The van der Waals surface area contributed by atoms with Gasteiger partial charge in [-0.05, 0) is 48.7 Å². The molecule has 2 N–H and O–H groups in total. The fourth-order valence-electron chi connectivity index (χ4n) is 2.46. The van der Waals surface area contributed by atoms with Gasteiger partial charge in [0.25, 0.3) is 5.91 Å². The number of aromatic nitrogens is 2. The van der Waals surface area contributed by atoms with E-state index < -0.39 is 0 Å². The molecule has 0 saturated carbocycles. The van der Waals surface area contributed by atoms with Crippen LogP contribution >= 0.6 is 0 Å². The third-order valence-electron chi connectivity index (χ3n) is 4.06. The molecule has 0 bridgehead atoms. The van der Waals surface area contributed by atoms with Gasteiger partial charge in [-0.3, -0.25) is 14.8 Å². The summed E-state index contributed by atoms with van der Waals surface area (Å²) in [7, 11) is 0. The number of nitrogens with one attached hydrogen (secondary N) is 2. The number of hydrogen-bond donors (Lipinski definition) is 2. The van der Waals surface area contributed by atoms with Crippen LogP contribution in [-0.4, -0.2) is 15.9 Å². The average molecular weight is 332 g/mol. The molecule has 5 nitrogen and oxygen atoms in total. The highest BCUT2D eigenvalue weighted by Gasteiger charge is 2.08. The van der Waals surface area contributed by atoms with Gasteiger partial charge in [0.05, 0.1) is 17.4 Å². The van der Waals surface area contributed by atoms with Gasteiger partial charge in [0.15, 0.2) is 0 Å². The summed E-state index contributed by atoms with van der Waals surface area (Å²) in [5.74, 6) is -0.166. The maximum Gasteiger partial charge on any atom is 0.253 e. The van der Waals surface area contributed by atoms with Crippen LogP contribution in [0.5, 0.6) is 0 Å². The fourth-order valence-corrected chi connectivity index (χ4v) is 2.46. The van der Waals surface area contributed by atoms with E-state index in [1.807, 2.05) is 24.3 Å². The Balaban J connectivity index is 1.70. The minimum absolute atomic E-state index is 0.166. The number of benzene rings is 1. The molecule has 0 aliphatic heterocycles. The second-order valence-corrected chi connectivity index (χ2v) is 5.88. The molecule has 0 atom stereocenters. The summed E-state index contributed by atoms with van der Waals surface area (Å²) < 4.78 is 0. The minimum Gasteiger partial charge on any atom is -0.354 e. The van der Waals surface area contributed by atoms with Gasteiger partial charge in [0, 0.05) is 30.8 Å². The molecule has 2 aromatic heterocycles. The molecule has 25 heavy (non-hydrogen) atoms. The monoisotopic (exact) mass is 332 g/mol. The first-order chi connectivity index (χ1) is 12.1. The summed E-state index contributed by atoms with van der Waals surface area (Å²) in [6, 6.07) is 11.6. The van der Waals surface area contributed by atoms with Crippen molar-refractivity contribution >= 4 is 17.3 Å². The number of nitrogens with zero attached hydrogens (tertiary/aromatic N) is 2. The molecule has 1 amide bonds. The minimum atomic E-state index is -0.166. The van der Waals surface area contributed by atoms with Crippen LogP contribution in [0.15, 0.2) is 61.2 Å². The summed E-state index contributed by atoms with van der Waals surface area (Å²) in [6.07, 6.45) is 6.71. The molecule has 0 unspecified atom stereocenters. The zero-order chi connectivity index (χ0) is 17.6. The highest BCUT2D eigenvalue weighted by molar-refractivity contribution is 5.94. The Kier molecular flexibility index (Phi) is 5.04. The Morgan fingerprint density at radius 1 is 1.04 bits per heavy atom. The molecule has 0 aliphatic rings. The first-order valence-electron chi connectivity index (χ1n) is 8.09. The van der Waals surface area contributed by atoms with Gasteiger partial charge < -0.3 is 10.6 Å². The number of carbonyl (C=O) groups excluding carboxylic acids is 1. The van der Waals surface area contributed by atoms with E-state index in [1.54, 1.807) is 30.9 Å². The van der Waals surface area contributed by atoms with E-state index in [9.17, 15) is 4.79 Å². The first-order valence-corrected chi connectivity index (χ1v) is 8.09. The van der Waals surface area contributed by atoms with Crippen molar-refractivity contribution in [3.63, 3.8) is 0 Å². The summed E-state index contributed by atoms with van der Waals surface area (Å²) in [4.78, 5) is 20.6. The Hall–Kier alpha value is -3.21. The molecule has 0 aliphatic carbocycles. The zero-order valence-corrected chi connectivity index (χ0v) is 14.3. The fraction of sp³-hybridized carbons (Fsp3) is 0.150. The van der Waals surface area contributed by atoms with Crippen LogP contribution in [0.1, 0.15) is 27.0 Å². The molecular formula is C20H20N4O. The average Bonchev–Trinajstić information content (AvgIpc) is 2.64. The number of anilines is 2. The number of carbonyl (C=O) groups is 1. The lowest BCUT2D eigenvalue weighted by atomic mass is 10.1. The Morgan fingerprint density at radius 3 is 2.72 bits per heavy atom. The van der Waals surface area contributed by atoms with Gasteiger partial charge in [0.2, 0.25) is 0 Å². The van der Waals surface area contributed by atoms with E-state index in [0.717, 1.165) is 16.9 Å². The quantitative estimate of drug-likeness (QED) is 0.746. The number of aryl methyl sites for hydroxylation is 1. The van der Waals surface area contributed by atoms with Gasteiger partial charge in [-0.2, -0.15) is 0 Å². The van der Waals surface area contributed by atoms with Crippen molar-refractivity contribution in [2.75, 3.05) is 5.32 Å². The van der Waals surface area contributed by atoms with E-state index in [4.69, 9.17) is 0 Å². The van der Waals surface area contributed by atoms with Crippen LogP contribution in [-0.2, 0) is 6.54 Å². The maximum atomic E-state index is 12.3. The number of rotatable bonds is 5. The molecular weight excluding hydrogens is 312 g/mol. The molecule has 0 radical (unpaired) electrons. The molecule has 3 rings (SSSR count). The lowest BCUT2D eigenvalue weighted by molar-refractivity contribution is 0.0950. The lowest BCUT2D eigenvalue weighted by Crippen LogP contribution is -2.23. The van der Waals surface area contributed by atoms with Crippen LogP contribution in [0.4, 0.5) is 11.4 Å². The van der Waals surface area contributed by atoms with Gasteiger partial charge >= 0.3 is 0 Å². The van der Waals surface area contributed by atoms with Gasteiger partial charge in [0.1, 0.15) is 0 Å². The third-order valence-corrected chi connectivity index (χ3v) is 4.06. The standard InChI is InChI=1S/C20H20N4O/c1-14-5-3-7-19(15(14)2)24-18-9-17(12-22-13-18)20(25)23-11-16-6-4-8-21-10-16/h3-10,12-13,24H,11H2,1-2H3,(H,23,25). The molecule has 3 aromatic rings. The molecule has 0 saturated heterocycles. The predicted octanol–water partition coefficient (Wildman–Crippen LogP) is 3.77. The summed E-state index contributed by atoms with van der Waals surface area (Å²) in [6.45, 7) is 4.57. The predicted molar refractivity (Wildman–Crippen MR) is 98.8 cm³/mol. The zero-order valence-electron chi connectivity index (χ0n) is 14.3. The van der Waals surface area contributed by atoms with Crippen LogP contribution in [0.3, 0.4) is 0 Å². The smallest absolute Gasteiger partial charge is 0.253 e. The molecule has 5 heteroatoms. The van der Waals surface area contributed by atoms with E-state index in [-0.39, 0.29) is 5.91 Å². The second kappa shape index (κ2) is 7.57. The van der Waals surface area contributed by atoms with E-state index >= 15 is 0 Å². The second-order valence-electron chi connectivity index (χ2n) is 5.88. The van der Waals surface area contributed by atoms with Gasteiger partial charge in [-0.25, -0.2) is 0 Å². The van der Waals surface area contributed by atoms with E-state index in [0.29, 0.717) is 12.1 Å². The third kappa shape index (κ3) is 4.20. The Bertz CT molecular complexity index is 878. The van der Waals surface area contributed by atoms with Crippen molar-refractivity contribution in [2.24, 2.45) is 0 Å². The SMILES string of the molecule is Cc1cccc(Nc2cncc(C(=O)NCc3cccnc3)c2)c1C. The van der Waals surface area contributed by atoms with E-state index in [1.165, 1.54) is 11.1 Å². The molecule has 0 spiro atoms. The topological polar surface area (TPSA) is 66.9 Å². The van der Waals surface area contributed by atoms with Crippen molar-refractivity contribution in [1.82, 2.24) is 15.3 Å². The van der Waals surface area contributed by atoms with Crippen molar-refractivity contribution in [3.8, 4) is 0 Å². The maximum absolute atomic E-state index is 12.3. The molecule has 2 heterocycles. The molecule has 1 aromatic carbocycles. The lowest BCUT2D eigenvalue weighted by Gasteiger charge is -2.12. The van der Waals surface area contributed by atoms with Crippen LogP contribution < -0.4 is 10.6 Å². The number of hydrogen-bond acceptors (Lipinski definition) is 4. The van der Waals surface area contributed by atoms with Gasteiger partial charge in [-0.15, -0.1) is 0 Å². The van der Waals surface area contributed by atoms with Crippen LogP contribution in [0, 0.1) is 13.8 Å².